The summed E-state index contributed by atoms with van der Waals surface area (Å²) in [7, 11) is 1.62. The maximum atomic E-state index is 12.7. The molecule has 1 aromatic heterocycles. The van der Waals surface area contributed by atoms with Crippen molar-refractivity contribution in [2.75, 3.05) is 38.2 Å². The van der Waals surface area contributed by atoms with Gasteiger partial charge in [-0.3, -0.25) is 9.78 Å². The van der Waals surface area contributed by atoms with E-state index in [4.69, 9.17) is 9.47 Å². The van der Waals surface area contributed by atoms with E-state index in [0.717, 1.165) is 24.3 Å². The van der Waals surface area contributed by atoms with Crippen LogP contribution in [-0.4, -0.2) is 77.6 Å². The molecule has 2 saturated heterocycles. The molecule has 2 N–H and O–H groups in total. The fourth-order valence-corrected chi connectivity index (χ4v) is 4.94. The third kappa shape index (κ3) is 4.57. The second-order valence-electron chi connectivity index (χ2n) is 9.64. The average molecular weight is 470 g/mol. The lowest BCUT2D eigenvalue weighted by atomic mass is 9.72. The number of nitrogens with zero attached hydrogens (tertiary/aromatic N) is 3. The highest BCUT2D eigenvalue weighted by Gasteiger charge is 2.49. The maximum absolute atomic E-state index is 12.7. The molecule has 0 aliphatic carbocycles. The van der Waals surface area contributed by atoms with Crippen LogP contribution in [0.3, 0.4) is 0 Å². The van der Waals surface area contributed by atoms with E-state index in [1.165, 1.54) is 0 Å². The van der Waals surface area contributed by atoms with Crippen molar-refractivity contribution in [3.63, 3.8) is 0 Å². The molecule has 2 fully saturated rings. The summed E-state index contributed by atoms with van der Waals surface area (Å²) in [6.45, 7) is 7.90. The first-order valence-electron chi connectivity index (χ1n) is 11.9. The molecule has 4 atom stereocenters. The largest absolute Gasteiger partial charge is 0.493 e. The normalized spacial score (nSPS) is 24.5. The molecule has 8 nitrogen and oxygen atoms in total. The summed E-state index contributed by atoms with van der Waals surface area (Å²) in [6, 6.07) is 9.81. The third-order valence-corrected chi connectivity index (χ3v) is 7.43. The Kier molecular flexibility index (Phi) is 7.00. The molecule has 8 heteroatoms. The van der Waals surface area contributed by atoms with Crippen molar-refractivity contribution in [3.05, 3.63) is 48.3 Å². The van der Waals surface area contributed by atoms with Gasteiger partial charge in [-0.2, -0.15) is 0 Å². The molecule has 1 aromatic carbocycles. The fraction of sp³-hybridized carbons (Fsp3) is 0.538. The average Bonchev–Trinajstić information content (AvgIpc) is 3.19. The van der Waals surface area contributed by atoms with Crippen LogP contribution in [0, 0.1) is 5.41 Å². The van der Waals surface area contributed by atoms with Crippen LogP contribution >= 0.6 is 0 Å². The van der Waals surface area contributed by atoms with E-state index in [0.29, 0.717) is 31.0 Å². The molecular formula is C26H35N3O5. The van der Waals surface area contributed by atoms with Crippen molar-refractivity contribution in [1.82, 2.24) is 9.88 Å². The molecule has 0 radical (unpaired) electrons. The Labute approximate surface area is 201 Å². The molecule has 0 saturated carbocycles. The number of aliphatic hydroxyl groups excluding tert-OH is 2. The van der Waals surface area contributed by atoms with E-state index in [-0.39, 0.29) is 17.9 Å². The van der Waals surface area contributed by atoms with Crippen LogP contribution in [0.4, 0.5) is 5.69 Å². The second kappa shape index (κ2) is 9.80. The fourth-order valence-electron chi connectivity index (χ4n) is 4.94. The van der Waals surface area contributed by atoms with Gasteiger partial charge in [-0.25, -0.2) is 0 Å². The Morgan fingerprint density at radius 2 is 1.88 bits per heavy atom. The van der Waals surface area contributed by atoms with Crippen molar-refractivity contribution in [2.24, 2.45) is 5.41 Å². The Morgan fingerprint density at radius 1 is 1.18 bits per heavy atom. The zero-order chi connectivity index (χ0) is 24.5. The summed E-state index contributed by atoms with van der Waals surface area (Å²) < 4.78 is 11.9. The van der Waals surface area contributed by atoms with Crippen LogP contribution in [0.25, 0.3) is 0 Å². The minimum atomic E-state index is -1.02. The van der Waals surface area contributed by atoms with Gasteiger partial charge in [0.05, 0.1) is 26.3 Å². The molecule has 2 aromatic rings. The predicted molar refractivity (Wildman–Crippen MR) is 129 cm³/mol. The summed E-state index contributed by atoms with van der Waals surface area (Å²) in [4.78, 5) is 20.7. The number of ether oxygens (including phenoxy) is 2. The van der Waals surface area contributed by atoms with E-state index in [1.54, 1.807) is 38.3 Å². The molecule has 184 valence electrons. The second-order valence-corrected chi connectivity index (χ2v) is 9.64. The number of pyridine rings is 1. The number of aliphatic hydroxyl groups is 2. The number of methoxy groups -OCH3 is 1. The minimum Gasteiger partial charge on any atom is -0.493 e. The van der Waals surface area contributed by atoms with Crippen molar-refractivity contribution < 1.29 is 24.5 Å². The van der Waals surface area contributed by atoms with Crippen molar-refractivity contribution in [2.45, 2.75) is 51.4 Å². The SMILES string of the molecule is CC[C@H](O)C(=O)N1C[C@@H](c2ccc(OC)c(OC3CN(c4ccncc4)C3)c2)[C@](C)([C@@H](C)O)C1. The van der Waals surface area contributed by atoms with Crippen LogP contribution < -0.4 is 14.4 Å². The van der Waals surface area contributed by atoms with Gasteiger partial charge in [-0.05, 0) is 43.2 Å². The summed E-state index contributed by atoms with van der Waals surface area (Å²) >= 11 is 0. The Bertz CT molecular complexity index is 995. The van der Waals surface area contributed by atoms with E-state index in [1.807, 2.05) is 37.3 Å². The molecule has 1 amide bonds. The Balaban J connectivity index is 1.53. The van der Waals surface area contributed by atoms with E-state index < -0.39 is 17.6 Å². The quantitative estimate of drug-likeness (QED) is 0.613. The van der Waals surface area contributed by atoms with Crippen molar-refractivity contribution >= 4 is 11.6 Å². The molecule has 2 aliphatic heterocycles. The summed E-state index contributed by atoms with van der Waals surface area (Å²) in [5.74, 6) is 0.916. The first-order valence-corrected chi connectivity index (χ1v) is 11.9. The summed E-state index contributed by atoms with van der Waals surface area (Å²) in [5.41, 5.74) is 1.54. The lowest BCUT2D eigenvalue weighted by Crippen LogP contribution is -2.54. The van der Waals surface area contributed by atoms with Crippen LogP contribution in [0.1, 0.15) is 38.7 Å². The highest BCUT2D eigenvalue weighted by molar-refractivity contribution is 5.81. The number of amides is 1. The van der Waals surface area contributed by atoms with Crippen molar-refractivity contribution in [1.29, 1.82) is 0 Å². The number of aromatic nitrogens is 1. The van der Waals surface area contributed by atoms with Gasteiger partial charge in [0.15, 0.2) is 11.5 Å². The van der Waals surface area contributed by atoms with Crippen LogP contribution in [0.2, 0.25) is 0 Å². The number of benzene rings is 1. The van der Waals surface area contributed by atoms with Gasteiger partial charge in [-0.1, -0.05) is 19.9 Å². The Hall–Kier alpha value is -2.84. The van der Waals surface area contributed by atoms with E-state index in [2.05, 4.69) is 9.88 Å². The van der Waals surface area contributed by atoms with Gasteiger partial charge in [-0.15, -0.1) is 0 Å². The van der Waals surface area contributed by atoms with Crippen LogP contribution in [0.5, 0.6) is 11.5 Å². The number of carbonyl (C=O) groups excluding carboxylic acids is 1. The number of likely N-dealkylation sites (tertiary alicyclic amines) is 1. The maximum Gasteiger partial charge on any atom is 0.251 e. The standard InChI is InChI=1S/C26H35N3O5/c1-5-22(31)25(32)29-15-21(26(3,16-29)17(2)30)18-6-7-23(33-4)24(12-18)34-20-13-28(14-20)19-8-10-27-11-9-19/h6-12,17,20-22,30-31H,5,13-16H2,1-4H3/t17-,21+,22+,26+/m1/s1. The Morgan fingerprint density at radius 3 is 2.50 bits per heavy atom. The van der Waals surface area contributed by atoms with Gasteiger partial charge in [0, 0.05) is 42.5 Å². The van der Waals surface area contributed by atoms with Crippen LogP contribution in [-0.2, 0) is 4.79 Å². The monoisotopic (exact) mass is 469 g/mol. The topological polar surface area (TPSA) is 95.4 Å². The highest BCUT2D eigenvalue weighted by atomic mass is 16.5. The van der Waals surface area contributed by atoms with Gasteiger partial charge < -0.3 is 29.5 Å². The molecule has 4 rings (SSSR count). The lowest BCUT2D eigenvalue weighted by molar-refractivity contribution is -0.139. The highest BCUT2D eigenvalue weighted by Crippen LogP contribution is 2.47. The first-order chi connectivity index (χ1) is 16.3. The predicted octanol–water partition coefficient (Wildman–Crippen LogP) is 2.44. The van der Waals surface area contributed by atoms with Crippen molar-refractivity contribution in [3.8, 4) is 11.5 Å². The lowest BCUT2D eigenvalue weighted by Gasteiger charge is -2.41. The molecule has 3 heterocycles. The zero-order valence-corrected chi connectivity index (χ0v) is 20.3. The molecular weight excluding hydrogens is 434 g/mol. The van der Waals surface area contributed by atoms with Gasteiger partial charge in [0.1, 0.15) is 12.2 Å². The summed E-state index contributed by atoms with van der Waals surface area (Å²) in [5, 5.41) is 20.8. The van der Waals surface area contributed by atoms with Gasteiger partial charge in [0.2, 0.25) is 0 Å². The zero-order valence-electron chi connectivity index (χ0n) is 20.3. The summed E-state index contributed by atoms with van der Waals surface area (Å²) in [6.07, 6.45) is 2.30. The molecule has 0 spiro atoms. The smallest absolute Gasteiger partial charge is 0.251 e. The minimum absolute atomic E-state index is 0.0295. The number of rotatable bonds is 8. The van der Waals surface area contributed by atoms with E-state index in [9.17, 15) is 15.0 Å². The molecule has 34 heavy (non-hydrogen) atoms. The molecule has 0 unspecified atom stereocenters. The number of hydrogen-bond acceptors (Lipinski definition) is 7. The molecule has 2 aliphatic rings. The number of hydrogen-bond donors (Lipinski definition) is 2. The number of carbonyl (C=O) groups is 1. The van der Waals surface area contributed by atoms with E-state index >= 15 is 0 Å². The third-order valence-electron chi connectivity index (χ3n) is 7.43. The molecule has 0 bridgehead atoms. The first kappa shape index (κ1) is 24.3. The van der Waals surface area contributed by atoms with Gasteiger partial charge in [0.25, 0.3) is 5.91 Å². The van der Waals surface area contributed by atoms with Crippen LogP contribution in [0.15, 0.2) is 42.7 Å². The van der Waals surface area contributed by atoms with Gasteiger partial charge >= 0.3 is 0 Å². The number of anilines is 1.